The maximum Gasteiger partial charge on any atom is 0.331 e. The first-order chi connectivity index (χ1) is 13.9. The van der Waals surface area contributed by atoms with Crippen LogP contribution in [0.15, 0.2) is 75.4 Å². The highest BCUT2D eigenvalue weighted by Crippen LogP contribution is 2.35. The molecule has 0 bridgehead atoms. The second-order valence-electron chi connectivity index (χ2n) is 6.68. The van der Waals surface area contributed by atoms with Crippen molar-refractivity contribution in [1.29, 1.82) is 0 Å². The predicted octanol–water partition coefficient (Wildman–Crippen LogP) is 4.26. The molecule has 0 saturated carbocycles. The molecule has 2 aromatic rings. The first-order valence-corrected chi connectivity index (χ1v) is 12.0. The summed E-state index contributed by atoms with van der Waals surface area (Å²) in [5.41, 5.74) is 0.968. The summed E-state index contributed by atoms with van der Waals surface area (Å²) in [5.74, 6) is -0.0788. The Balaban J connectivity index is 1.92. The van der Waals surface area contributed by atoms with Gasteiger partial charge >= 0.3 is 5.97 Å². The van der Waals surface area contributed by atoms with Crippen LogP contribution in [0.1, 0.15) is 18.4 Å². The van der Waals surface area contributed by atoms with Gasteiger partial charge < -0.3 is 4.74 Å². The molecule has 29 heavy (non-hydrogen) atoms. The maximum absolute atomic E-state index is 13.0. The highest BCUT2D eigenvalue weighted by Gasteiger charge is 2.36. The van der Waals surface area contributed by atoms with Gasteiger partial charge in [0.25, 0.3) is 0 Å². The molecule has 1 heterocycles. The first kappa shape index (κ1) is 21.9. The standard InChI is InChI=1S/C21H22ClNO4S2/c1-15-9-11-17(12-10-15)29(25,26)23-21-18(8-5-13-22)27-20(24)14-19(21)28-16-6-3-2-4-7-16/h2-4,6-7,9-12,14,18,21,23H,5,8,13H2,1H3/t18-,21-/m1/s1. The highest BCUT2D eigenvalue weighted by atomic mass is 35.5. The average molecular weight is 452 g/mol. The fourth-order valence-corrected chi connectivity index (χ4v) is 5.48. The fourth-order valence-electron chi connectivity index (χ4n) is 2.95. The van der Waals surface area contributed by atoms with Crippen LogP contribution in [-0.4, -0.2) is 32.4 Å². The zero-order chi connectivity index (χ0) is 20.9. The van der Waals surface area contributed by atoms with E-state index in [0.29, 0.717) is 23.6 Å². The smallest absolute Gasteiger partial charge is 0.331 e. The second-order valence-corrected chi connectivity index (χ2v) is 9.92. The molecule has 0 radical (unpaired) electrons. The Morgan fingerprint density at radius 3 is 2.45 bits per heavy atom. The van der Waals surface area contributed by atoms with Gasteiger partial charge in [-0.05, 0) is 44.0 Å². The van der Waals surface area contributed by atoms with E-state index in [2.05, 4.69) is 4.72 Å². The number of nitrogens with one attached hydrogen (secondary N) is 1. The predicted molar refractivity (Wildman–Crippen MR) is 116 cm³/mol. The van der Waals surface area contributed by atoms with Crippen LogP contribution in [0.2, 0.25) is 0 Å². The molecular formula is C21H22ClNO4S2. The fraction of sp³-hybridized carbons (Fsp3) is 0.286. The van der Waals surface area contributed by atoms with Gasteiger partial charge in [-0.3, -0.25) is 0 Å². The topological polar surface area (TPSA) is 72.5 Å². The van der Waals surface area contributed by atoms with Crippen molar-refractivity contribution in [3.05, 3.63) is 71.1 Å². The van der Waals surface area contributed by atoms with Gasteiger partial charge in [-0.15, -0.1) is 11.6 Å². The third kappa shape index (κ3) is 5.85. The minimum absolute atomic E-state index is 0.167. The van der Waals surface area contributed by atoms with Crippen LogP contribution in [0.5, 0.6) is 0 Å². The maximum atomic E-state index is 13.0. The third-order valence-corrected chi connectivity index (χ3v) is 7.26. The van der Waals surface area contributed by atoms with Crippen LogP contribution < -0.4 is 4.72 Å². The van der Waals surface area contributed by atoms with E-state index in [4.69, 9.17) is 16.3 Å². The number of carbonyl (C=O) groups is 1. The first-order valence-electron chi connectivity index (χ1n) is 9.19. The average Bonchev–Trinajstić information content (AvgIpc) is 2.69. The molecule has 154 valence electrons. The zero-order valence-corrected chi connectivity index (χ0v) is 18.3. The number of sulfonamides is 1. The van der Waals surface area contributed by atoms with E-state index in [9.17, 15) is 13.2 Å². The quantitative estimate of drug-likeness (QED) is 0.479. The van der Waals surface area contributed by atoms with Crippen LogP contribution in [-0.2, 0) is 19.6 Å². The zero-order valence-electron chi connectivity index (χ0n) is 15.9. The number of cyclic esters (lactones) is 1. The van der Waals surface area contributed by atoms with Crippen LogP contribution in [0.3, 0.4) is 0 Å². The molecule has 3 rings (SSSR count). The van der Waals surface area contributed by atoms with Crippen molar-refractivity contribution in [1.82, 2.24) is 4.72 Å². The summed E-state index contributed by atoms with van der Waals surface area (Å²) < 4.78 is 34.2. The summed E-state index contributed by atoms with van der Waals surface area (Å²) in [6, 6.07) is 15.4. The van der Waals surface area contributed by atoms with E-state index in [1.54, 1.807) is 24.3 Å². The third-order valence-electron chi connectivity index (χ3n) is 4.42. The summed E-state index contributed by atoms with van der Waals surface area (Å²) in [5, 5.41) is 0. The van der Waals surface area contributed by atoms with Gasteiger partial charge in [0, 0.05) is 21.8 Å². The van der Waals surface area contributed by atoms with E-state index in [1.165, 1.54) is 17.8 Å². The van der Waals surface area contributed by atoms with Crippen LogP contribution in [0.4, 0.5) is 0 Å². The minimum Gasteiger partial charge on any atom is -0.457 e. The normalized spacial score (nSPS) is 19.5. The molecule has 8 heteroatoms. The Labute approximate surface area is 180 Å². The minimum atomic E-state index is -3.81. The molecule has 1 N–H and O–H groups in total. The lowest BCUT2D eigenvalue weighted by atomic mass is 10.0. The molecule has 0 saturated heterocycles. The van der Waals surface area contributed by atoms with E-state index in [-0.39, 0.29) is 4.90 Å². The summed E-state index contributed by atoms with van der Waals surface area (Å²) in [7, 11) is -3.81. The summed E-state index contributed by atoms with van der Waals surface area (Å²) in [6.07, 6.45) is 1.80. The largest absolute Gasteiger partial charge is 0.457 e. The van der Waals surface area contributed by atoms with Crippen molar-refractivity contribution in [2.75, 3.05) is 5.88 Å². The number of thioether (sulfide) groups is 1. The molecule has 1 aliphatic heterocycles. The molecule has 0 aliphatic carbocycles. The van der Waals surface area contributed by atoms with E-state index in [0.717, 1.165) is 10.5 Å². The molecule has 2 atom stereocenters. The number of esters is 1. The van der Waals surface area contributed by atoms with Gasteiger partial charge in [0.05, 0.1) is 10.9 Å². The summed E-state index contributed by atoms with van der Waals surface area (Å²) in [4.78, 5) is 13.8. The van der Waals surface area contributed by atoms with Crippen molar-refractivity contribution in [3.8, 4) is 0 Å². The molecular weight excluding hydrogens is 430 g/mol. The number of hydrogen-bond acceptors (Lipinski definition) is 5. The summed E-state index contributed by atoms with van der Waals surface area (Å²) >= 11 is 7.17. The SMILES string of the molecule is Cc1ccc(S(=O)(=O)N[C@H]2C(Sc3ccccc3)=CC(=O)O[C@@H]2CCCCl)cc1. The van der Waals surface area contributed by atoms with Crippen LogP contribution in [0, 0.1) is 6.92 Å². The van der Waals surface area contributed by atoms with Gasteiger partial charge in [0.15, 0.2) is 0 Å². The second kappa shape index (κ2) is 9.80. The number of alkyl halides is 1. The van der Waals surface area contributed by atoms with E-state index >= 15 is 0 Å². The van der Waals surface area contributed by atoms with Gasteiger partial charge in [0.2, 0.25) is 10.0 Å². The molecule has 0 aromatic heterocycles. The van der Waals surface area contributed by atoms with E-state index in [1.807, 2.05) is 37.3 Å². The van der Waals surface area contributed by atoms with Gasteiger partial charge in [-0.2, -0.15) is 4.72 Å². The number of ether oxygens (including phenoxy) is 1. The molecule has 5 nitrogen and oxygen atoms in total. The number of halogens is 1. The Morgan fingerprint density at radius 1 is 1.10 bits per heavy atom. The Bertz CT molecular complexity index is 976. The number of aryl methyl sites for hydroxylation is 1. The lowest BCUT2D eigenvalue weighted by molar-refractivity contribution is -0.145. The molecule has 2 aromatic carbocycles. The van der Waals surface area contributed by atoms with Crippen molar-refractivity contribution >= 4 is 39.4 Å². The van der Waals surface area contributed by atoms with Gasteiger partial charge in [0.1, 0.15) is 6.10 Å². The van der Waals surface area contributed by atoms with Gasteiger partial charge in [-0.1, -0.05) is 47.7 Å². The Morgan fingerprint density at radius 2 is 1.79 bits per heavy atom. The monoisotopic (exact) mass is 451 g/mol. The Hall–Kier alpha value is -1.80. The molecule has 1 aliphatic rings. The summed E-state index contributed by atoms with van der Waals surface area (Å²) in [6.45, 7) is 1.89. The van der Waals surface area contributed by atoms with Crippen molar-refractivity contribution in [3.63, 3.8) is 0 Å². The highest BCUT2D eigenvalue weighted by molar-refractivity contribution is 8.03. The lowest BCUT2D eigenvalue weighted by Crippen LogP contribution is -2.48. The number of carbonyl (C=O) groups excluding carboxylic acids is 1. The number of benzene rings is 2. The van der Waals surface area contributed by atoms with Gasteiger partial charge in [-0.25, -0.2) is 13.2 Å². The van der Waals surface area contributed by atoms with Crippen molar-refractivity contribution < 1.29 is 17.9 Å². The molecule has 0 amide bonds. The Kier molecular flexibility index (Phi) is 7.40. The lowest BCUT2D eigenvalue weighted by Gasteiger charge is -2.32. The molecule has 0 unspecified atom stereocenters. The number of hydrogen-bond donors (Lipinski definition) is 1. The van der Waals surface area contributed by atoms with Crippen LogP contribution in [0.25, 0.3) is 0 Å². The number of rotatable bonds is 8. The molecule has 0 fully saturated rings. The van der Waals surface area contributed by atoms with Crippen molar-refractivity contribution in [2.45, 2.75) is 41.7 Å². The molecule has 0 spiro atoms. The van der Waals surface area contributed by atoms with Crippen LogP contribution >= 0.6 is 23.4 Å². The van der Waals surface area contributed by atoms with Crippen molar-refractivity contribution in [2.24, 2.45) is 0 Å². The van der Waals surface area contributed by atoms with E-state index < -0.39 is 28.1 Å².